The normalized spacial score (nSPS) is 16.0. The molecule has 0 saturated carbocycles. The molecule has 1 N–H and O–H groups in total. The van der Waals surface area contributed by atoms with Crippen molar-refractivity contribution < 1.29 is 18.9 Å². The van der Waals surface area contributed by atoms with Gasteiger partial charge in [0.1, 0.15) is 5.75 Å². The van der Waals surface area contributed by atoms with Gasteiger partial charge in [0.05, 0.1) is 35.7 Å². The van der Waals surface area contributed by atoms with Gasteiger partial charge < -0.3 is 24.3 Å². The summed E-state index contributed by atoms with van der Waals surface area (Å²) in [4.78, 5) is 11.9. The predicted molar refractivity (Wildman–Crippen MR) is 187 cm³/mol. The highest BCUT2D eigenvalue weighted by Crippen LogP contribution is 2.42. The summed E-state index contributed by atoms with van der Waals surface area (Å²) in [5, 5.41) is 4.68. The Bertz CT molecular complexity index is 1670. The highest BCUT2D eigenvalue weighted by molar-refractivity contribution is 6.39. The van der Waals surface area contributed by atoms with E-state index >= 15 is 0 Å². The second-order valence-corrected chi connectivity index (χ2v) is 12.9. The lowest BCUT2D eigenvalue weighted by Crippen LogP contribution is -2.36. The molecule has 2 aromatic heterocycles. The number of hydrogen-bond acceptors (Lipinski definition) is 8. The van der Waals surface area contributed by atoms with Crippen molar-refractivity contribution in [3.63, 3.8) is 0 Å². The van der Waals surface area contributed by atoms with Gasteiger partial charge in [-0.1, -0.05) is 59.6 Å². The zero-order chi connectivity index (χ0) is 32.8. The first-order valence-electron chi connectivity index (χ1n) is 16.2. The van der Waals surface area contributed by atoms with Gasteiger partial charge >= 0.3 is 0 Å². The third-order valence-corrected chi connectivity index (χ3v) is 9.97. The predicted octanol–water partition coefficient (Wildman–Crippen LogP) is 7.68. The lowest BCUT2D eigenvalue weighted by atomic mass is 9.99. The van der Waals surface area contributed by atoms with Crippen molar-refractivity contribution in [2.75, 3.05) is 47.7 Å². The zero-order valence-corrected chi connectivity index (χ0v) is 28.7. The molecule has 0 unspecified atom stereocenters. The van der Waals surface area contributed by atoms with E-state index in [0.29, 0.717) is 40.2 Å². The number of pyridine rings is 2. The molecule has 10 heteroatoms. The van der Waals surface area contributed by atoms with Gasteiger partial charge in [-0.15, -0.1) is 0 Å². The van der Waals surface area contributed by atoms with E-state index in [4.69, 9.17) is 47.1 Å². The van der Waals surface area contributed by atoms with Crippen LogP contribution in [0.5, 0.6) is 11.6 Å². The summed E-state index contributed by atoms with van der Waals surface area (Å²) in [6.07, 6.45) is 5.85. The van der Waals surface area contributed by atoms with Crippen LogP contribution in [0.2, 0.25) is 10.0 Å². The molecule has 6 rings (SSSR count). The van der Waals surface area contributed by atoms with Crippen LogP contribution in [0, 0.1) is 0 Å². The molecule has 2 fully saturated rings. The first-order valence-corrected chi connectivity index (χ1v) is 17.0. The molecule has 2 aliphatic heterocycles. The summed E-state index contributed by atoms with van der Waals surface area (Å²) < 4.78 is 22.6. The molecular formula is C37H42Cl2N4O4. The zero-order valence-electron chi connectivity index (χ0n) is 27.2. The maximum absolute atomic E-state index is 7.11. The van der Waals surface area contributed by atoms with Gasteiger partial charge in [0.15, 0.2) is 0 Å². The smallest absolute Gasteiger partial charge is 0.218 e. The molecule has 0 aliphatic carbocycles. The Morgan fingerprint density at radius 3 is 2.28 bits per heavy atom. The van der Waals surface area contributed by atoms with Crippen LogP contribution in [-0.4, -0.2) is 74.6 Å². The van der Waals surface area contributed by atoms with Gasteiger partial charge in [-0.25, -0.2) is 4.98 Å². The summed E-state index contributed by atoms with van der Waals surface area (Å²) >= 11 is 14.2. The number of benzene rings is 2. The highest BCUT2D eigenvalue weighted by Gasteiger charge is 2.22. The van der Waals surface area contributed by atoms with Crippen molar-refractivity contribution >= 4 is 23.2 Å². The highest BCUT2D eigenvalue weighted by atomic mass is 35.5. The minimum atomic E-state index is 0.428. The minimum Gasteiger partial charge on any atom is -0.496 e. The van der Waals surface area contributed by atoms with E-state index in [1.165, 1.54) is 0 Å². The number of rotatable bonds is 11. The van der Waals surface area contributed by atoms with Crippen molar-refractivity contribution in [3.05, 3.63) is 82.0 Å². The van der Waals surface area contributed by atoms with Gasteiger partial charge in [0.25, 0.3) is 0 Å². The van der Waals surface area contributed by atoms with Crippen LogP contribution >= 0.6 is 23.2 Å². The quantitative estimate of drug-likeness (QED) is 0.173. The molecule has 0 spiro atoms. The Labute approximate surface area is 287 Å². The minimum absolute atomic E-state index is 0.428. The first-order chi connectivity index (χ1) is 23.0. The van der Waals surface area contributed by atoms with Crippen molar-refractivity contribution in [1.29, 1.82) is 0 Å². The molecule has 0 atom stereocenters. The molecule has 248 valence electrons. The lowest BCUT2D eigenvalue weighted by molar-refractivity contribution is 0.0405. The summed E-state index contributed by atoms with van der Waals surface area (Å²) in [7, 11) is 5.51. The molecule has 47 heavy (non-hydrogen) atoms. The number of halogens is 2. The van der Waals surface area contributed by atoms with Gasteiger partial charge in [0, 0.05) is 91.2 Å². The van der Waals surface area contributed by atoms with E-state index in [2.05, 4.69) is 34.4 Å². The summed E-state index contributed by atoms with van der Waals surface area (Å²) in [6.45, 7) is 4.65. The Balaban J connectivity index is 1.25. The van der Waals surface area contributed by atoms with Crippen molar-refractivity contribution in [2.45, 2.75) is 50.9 Å². The van der Waals surface area contributed by atoms with Crippen LogP contribution in [0.3, 0.4) is 0 Å². The molecule has 2 aliphatic rings. The lowest BCUT2D eigenvalue weighted by Gasteiger charge is -2.31. The standard InChI is InChI=1S/C37H42Cl2N4O4/c1-43(28-14-19-47-20-15-28)23-26-8-7-24(21-33(26)44-2)36-35(39)30(11-16-40-36)29-5-4-6-31(34(29)38)32-10-9-25(37(42-32)45-3)22-41-27-12-17-46-18-13-27/h4-11,16,21,27-28,41H,12-15,17-20,22-23H2,1-3H3. The first kappa shape index (κ1) is 33.7. The van der Waals surface area contributed by atoms with Crippen LogP contribution in [0.1, 0.15) is 36.8 Å². The summed E-state index contributed by atoms with van der Waals surface area (Å²) in [5.41, 5.74) is 6.74. The molecule has 2 saturated heterocycles. The van der Waals surface area contributed by atoms with E-state index in [1.807, 2.05) is 42.5 Å². The topological polar surface area (TPSA) is 78.0 Å². The van der Waals surface area contributed by atoms with Gasteiger partial charge in [-0.2, -0.15) is 0 Å². The van der Waals surface area contributed by atoms with E-state index in [-0.39, 0.29) is 0 Å². The Morgan fingerprint density at radius 1 is 0.830 bits per heavy atom. The third-order valence-electron chi connectivity index (χ3n) is 9.18. The Kier molecular flexibility index (Phi) is 11.3. The monoisotopic (exact) mass is 676 g/mol. The number of ether oxygens (including phenoxy) is 4. The van der Waals surface area contributed by atoms with Crippen molar-refractivity contribution in [2.24, 2.45) is 0 Å². The number of nitrogens with zero attached hydrogens (tertiary/aromatic N) is 3. The molecular weight excluding hydrogens is 635 g/mol. The number of hydrogen-bond donors (Lipinski definition) is 1. The molecule has 0 bridgehead atoms. The average Bonchev–Trinajstić information content (AvgIpc) is 3.12. The average molecular weight is 678 g/mol. The summed E-state index contributed by atoms with van der Waals surface area (Å²) in [6, 6.07) is 18.9. The van der Waals surface area contributed by atoms with Crippen LogP contribution in [0.4, 0.5) is 0 Å². The third kappa shape index (κ3) is 7.75. The Morgan fingerprint density at radius 2 is 1.53 bits per heavy atom. The second-order valence-electron chi connectivity index (χ2n) is 12.1. The maximum Gasteiger partial charge on any atom is 0.218 e. The maximum atomic E-state index is 7.11. The number of methoxy groups -OCH3 is 2. The van der Waals surface area contributed by atoms with E-state index in [1.54, 1.807) is 20.4 Å². The number of aromatic nitrogens is 2. The molecule has 8 nitrogen and oxygen atoms in total. The fraction of sp³-hybridized carbons (Fsp3) is 0.405. The molecule has 0 radical (unpaired) electrons. The fourth-order valence-electron chi connectivity index (χ4n) is 6.42. The van der Waals surface area contributed by atoms with E-state index in [9.17, 15) is 0 Å². The van der Waals surface area contributed by atoms with Gasteiger partial charge in [-0.3, -0.25) is 9.88 Å². The van der Waals surface area contributed by atoms with Crippen LogP contribution in [0.15, 0.2) is 60.8 Å². The van der Waals surface area contributed by atoms with Gasteiger partial charge in [0.2, 0.25) is 5.88 Å². The van der Waals surface area contributed by atoms with Crippen LogP contribution in [-0.2, 0) is 22.6 Å². The van der Waals surface area contributed by atoms with Crippen molar-refractivity contribution in [3.8, 4) is 45.3 Å². The summed E-state index contributed by atoms with van der Waals surface area (Å²) in [5.74, 6) is 1.38. The van der Waals surface area contributed by atoms with E-state index in [0.717, 1.165) is 103 Å². The van der Waals surface area contributed by atoms with Crippen LogP contribution in [0.25, 0.3) is 33.6 Å². The molecule has 0 amide bonds. The van der Waals surface area contributed by atoms with Gasteiger partial charge in [-0.05, 0) is 50.9 Å². The Hall–Kier alpha value is -3.24. The molecule has 4 heterocycles. The van der Waals surface area contributed by atoms with Crippen molar-refractivity contribution in [1.82, 2.24) is 20.2 Å². The molecule has 4 aromatic rings. The molecule has 2 aromatic carbocycles. The number of nitrogens with one attached hydrogen (secondary N) is 1. The SMILES string of the molecule is COc1cc(-c2nccc(-c3cccc(-c4ccc(CNC5CCOCC5)c(OC)n4)c3Cl)c2Cl)ccc1CN(C)C1CCOCC1. The fourth-order valence-corrected chi connectivity index (χ4v) is 7.07. The second kappa shape index (κ2) is 15.8. The van der Waals surface area contributed by atoms with Crippen LogP contribution < -0.4 is 14.8 Å². The van der Waals surface area contributed by atoms with E-state index < -0.39 is 0 Å². The largest absolute Gasteiger partial charge is 0.496 e.